The predicted octanol–water partition coefficient (Wildman–Crippen LogP) is 1.56. The van der Waals surface area contributed by atoms with Crippen LogP contribution in [0.1, 0.15) is 12.0 Å². The zero-order valence-corrected chi connectivity index (χ0v) is 13.2. The van der Waals surface area contributed by atoms with Crippen LogP contribution in [0.15, 0.2) is 42.7 Å². The van der Waals surface area contributed by atoms with Gasteiger partial charge in [-0.3, -0.25) is 4.79 Å². The standard InChI is InChI=1S/C16H20N4O.ClH/c21-16(14-7-8-17-11-14)18-9-6-13-10-19-20(12-13)15-4-2-1-3-5-15;/h1-5,10,12,14,17H,6-9,11H2,(H,18,21);1H. The lowest BCUT2D eigenvalue weighted by Crippen LogP contribution is -2.33. The monoisotopic (exact) mass is 320 g/mol. The summed E-state index contributed by atoms with van der Waals surface area (Å²) in [6.07, 6.45) is 5.62. The SMILES string of the molecule is Cl.O=C(NCCc1cnn(-c2ccccc2)c1)C1CCNC1. The van der Waals surface area contributed by atoms with Crippen LogP contribution in [-0.2, 0) is 11.2 Å². The van der Waals surface area contributed by atoms with Crippen molar-refractivity contribution in [3.63, 3.8) is 0 Å². The molecule has 2 heterocycles. The molecule has 6 heteroatoms. The minimum absolute atomic E-state index is 0. The maximum atomic E-state index is 11.9. The van der Waals surface area contributed by atoms with E-state index in [1.165, 1.54) is 0 Å². The van der Waals surface area contributed by atoms with Crippen molar-refractivity contribution in [2.24, 2.45) is 5.92 Å². The Bertz CT molecular complexity index is 593. The van der Waals surface area contributed by atoms with Gasteiger partial charge in [-0.2, -0.15) is 5.10 Å². The third-order valence-corrected chi connectivity index (χ3v) is 3.80. The summed E-state index contributed by atoms with van der Waals surface area (Å²) < 4.78 is 1.86. The summed E-state index contributed by atoms with van der Waals surface area (Å²) in [7, 11) is 0. The van der Waals surface area contributed by atoms with Crippen LogP contribution in [0.2, 0.25) is 0 Å². The van der Waals surface area contributed by atoms with Gasteiger partial charge >= 0.3 is 0 Å². The molecule has 1 amide bonds. The van der Waals surface area contributed by atoms with Crippen molar-refractivity contribution in [3.05, 3.63) is 48.3 Å². The molecule has 1 atom stereocenters. The molecule has 1 aliphatic heterocycles. The molecule has 0 saturated carbocycles. The van der Waals surface area contributed by atoms with Gasteiger partial charge in [0.1, 0.15) is 0 Å². The summed E-state index contributed by atoms with van der Waals surface area (Å²) >= 11 is 0. The quantitative estimate of drug-likeness (QED) is 0.879. The van der Waals surface area contributed by atoms with E-state index in [-0.39, 0.29) is 24.2 Å². The fourth-order valence-corrected chi connectivity index (χ4v) is 2.56. The van der Waals surface area contributed by atoms with Crippen LogP contribution in [0, 0.1) is 5.92 Å². The van der Waals surface area contributed by atoms with Gasteiger partial charge in [0.25, 0.3) is 0 Å². The number of aromatic nitrogens is 2. The van der Waals surface area contributed by atoms with Gasteiger partial charge < -0.3 is 10.6 Å². The minimum atomic E-state index is 0. The van der Waals surface area contributed by atoms with Crippen molar-refractivity contribution in [2.45, 2.75) is 12.8 Å². The Morgan fingerprint density at radius 1 is 1.36 bits per heavy atom. The Hall–Kier alpha value is -1.85. The maximum Gasteiger partial charge on any atom is 0.224 e. The highest BCUT2D eigenvalue weighted by atomic mass is 35.5. The lowest BCUT2D eigenvalue weighted by atomic mass is 10.1. The molecule has 2 aromatic rings. The lowest BCUT2D eigenvalue weighted by molar-refractivity contribution is -0.124. The molecule has 0 aliphatic carbocycles. The minimum Gasteiger partial charge on any atom is -0.355 e. The molecule has 5 nitrogen and oxygen atoms in total. The Labute approximate surface area is 136 Å². The highest BCUT2D eigenvalue weighted by Gasteiger charge is 2.21. The number of nitrogens with zero attached hydrogens (tertiary/aromatic N) is 2. The Morgan fingerprint density at radius 3 is 2.91 bits per heavy atom. The van der Waals surface area contributed by atoms with Gasteiger partial charge in [-0.05, 0) is 37.1 Å². The van der Waals surface area contributed by atoms with E-state index in [2.05, 4.69) is 15.7 Å². The first-order valence-electron chi connectivity index (χ1n) is 7.40. The van der Waals surface area contributed by atoms with Crippen LogP contribution in [0.25, 0.3) is 5.69 Å². The fraction of sp³-hybridized carbons (Fsp3) is 0.375. The number of hydrogen-bond donors (Lipinski definition) is 2. The second-order valence-corrected chi connectivity index (χ2v) is 5.36. The third kappa shape index (κ3) is 4.08. The second-order valence-electron chi connectivity index (χ2n) is 5.36. The van der Waals surface area contributed by atoms with Gasteiger partial charge in [-0.25, -0.2) is 4.68 Å². The number of rotatable bonds is 5. The van der Waals surface area contributed by atoms with Crippen molar-refractivity contribution >= 4 is 18.3 Å². The molecule has 1 aromatic heterocycles. The number of amides is 1. The topological polar surface area (TPSA) is 59.0 Å². The number of halogens is 1. The Balaban J connectivity index is 0.00000176. The molecule has 118 valence electrons. The fourth-order valence-electron chi connectivity index (χ4n) is 2.56. The van der Waals surface area contributed by atoms with Crippen LogP contribution >= 0.6 is 12.4 Å². The van der Waals surface area contributed by atoms with E-state index < -0.39 is 0 Å². The normalized spacial score (nSPS) is 17.0. The molecule has 22 heavy (non-hydrogen) atoms. The van der Waals surface area contributed by atoms with Crippen molar-refractivity contribution in [2.75, 3.05) is 19.6 Å². The molecule has 2 N–H and O–H groups in total. The van der Waals surface area contributed by atoms with Gasteiger partial charge in [0.2, 0.25) is 5.91 Å². The molecular formula is C16H21ClN4O. The Morgan fingerprint density at radius 2 is 2.18 bits per heavy atom. The van der Waals surface area contributed by atoms with E-state index in [0.717, 1.165) is 37.2 Å². The second kappa shape index (κ2) is 7.96. The molecule has 1 aliphatic rings. The zero-order valence-electron chi connectivity index (χ0n) is 12.4. The summed E-state index contributed by atoms with van der Waals surface area (Å²) in [6.45, 7) is 2.41. The number of hydrogen-bond acceptors (Lipinski definition) is 3. The number of nitrogens with one attached hydrogen (secondary N) is 2. The summed E-state index contributed by atoms with van der Waals surface area (Å²) in [5.41, 5.74) is 2.17. The average molecular weight is 321 g/mol. The van der Waals surface area contributed by atoms with Crippen LogP contribution in [0.5, 0.6) is 0 Å². The molecule has 1 aromatic carbocycles. The van der Waals surface area contributed by atoms with Crippen molar-refractivity contribution in [3.8, 4) is 5.69 Å². The van der Waals surface area contributed by atoms with E-state index in [1.807, 2.05) is 47.4 Å². The van der Waals surface area contributed by atoms with Crippen molar-refractivity contribution in [1.29, 1.82) is 0 Å². The largest absolute Gasteiger partial charge is 0.355 e. The summed E-state index contributed by atoms with van der Waals surface area (Å²) in [4.78, 5) is 11.9. The first-order chi connectivity index (χ1) is 10.3. The van der Waals surface area contributed by atoms with E-state index in [4.69, 9.17) is 0 Å². The highest BCUT2D eigenvalue weighted by molar-refractivity contribution is 5.85. The number of para-hydroxylation sites is 1. The van der Waals surface area contributed by atoms with Gasteiger partial charge in [0.15, 0.2) is 0 Å². The van der Waals surface area contributed by atoms with Gasteiger partial charge in [-0.15, -0.1) is 12.4 Å². The first-order valence-corrected chi connectivity index (χ1v) is 7.40. The molecule has 0 bridgehead atoms. The van der Waals surface area contributed by atoms with Crippen molar-refractivity contribution < 1.29 is 4.79 Å². The smallest absolute Gasteiger partial charge is 0.224 e. The number of carbonyl (C=O) groups is 1. The molecule has 1 fully saturated rings. The van der Waals surface area contributed by atoms with Crippen LogP contribution < -0.4 is 10.6 Å². The molecule has 0 spiro atoms. The predicted molar refractivity (Wildman–Crippen MR) is 88.5 cm³/mol. The zero-order chi connectivity index (χ0) is 14.5. The summed E-state index contributed by atoms with van der Waals surface area (Å²) in [5, 5.41) is 10.6. The van der Waals surface area contributed by atoms with E-state index >= 15 is 0 Å². The third-order valence-electron chi connectivity index (χ3n) is 3.80. The van der Waals surface area contributed by atoms with Gasteiger partial charge in [0, 0.05) is 19.3 Å². The number of carbonyl (C=O) groups excluding carboxylic acids is 1. The highest BCUT2D eigenvalue weighted by Crippen LogP contribution is 2.09. The van der Waals surface area contributed by atoms with Crippen LogP contribution in [0.3, 0.4) is 0 Å². The number of benzene rings is 1. The molecule has 3 rings (SSSR count). The van der Waals surface area contributed by atoms with E-state index in [9.17, 15) is 4.79 Å². The van der Waals surface area contributed by atoms with Crippen LogP contribution in [-0.4, -0.2) is 35.3 Å². The van der Waals surface area contributed by atoms with Crippen molar-refractivity contribution in [1.82, 2.24) is 20.4 Å². The lowest BCUT2D eigenvalue weighted by Gasteiger charge is -2.08. The maximum absolute atomic E-state index is 11.9. The van der Waals surface area contributed by atoms with E-state index in [0.29, 0.717) is 6.54 Å². The molecule has 1 saturated heterocycles. The Kier molecular flexibility index (Phi) is 5.98. The van der Waals surface area contributed by atoms with Crippen LogP contribution in [0.4, 0.5) is 0 Å². The van der Waals surface area contributed by atoms with Gasteiger partial charge in [0.05, 0.1) is 17.8 Å². The van der Waals surface area contributed by atoms with Gasteiger partial charge in [-0.1, -0.05) is 18.2 Å². The summed E-state index contributed by atoms with van der Waals surface area (Å²) in [5.74, 6) is 0.299. The molecule has 1 unspecified atom stereocenters. The van der Waals surface area contributed by atoms with E-state index in [1.54, 1.807) is 0 Å². The first kappa shape index (κ1) is 16.5. The molecule has 0 radical (unpaired) electrons. The average Bonchev–Trinajstić information content (AvgIpc) is 3.20. The molecular weight excluding hydrogens is 300 g/mol. The summed E-state index contributed by atoms with van der Waals surface area (Å²) in [6, 6.07) is 10.0.